The Morgan fingerprint density at radius 1 is 1.45 bits per heavy atom. The van der Waals surface area contributed by atoms with Crippen LogP contribution < -0.4 is 0 Å². The number of carbonyl (C=O) groups excluding carboxylic acids is 1. The van der Waals surface area contributed by atoms with Crippen LogP contribution in [0.25, 0.3) is 0 Å². The molecule has 0 bridgehead atoms. The van der Waals surface area contributed by atoms with Crippen LogP contribution in [-0.2, 0) is 0 Å². The maximum atomic E-state index is 12.2. The quantitative estimate of drug-likeness (QED) is 0.848. The highest BCUT2D eigenvalue weighted by atomic mass is 35.5. The fraction of sp³-hybridized carbons (Fsp3) is 0.538. The van der Waals surface area contributed by atoms with E-state index in [0.717, 1.165) is 30.1 Å². The van der Waals surface area contributed by atoms with Gasteiger partial charge in [0.2, 0.25) is 0 Å². The normalized spacial score (nSPS) is 17.9. The summed E-state index contributed by atoms with van der Waals surface area (Å²) in [7, 11) is 6.01. The van der Waals surface area contributed by atoms with Crippen molar-refractivity contribution in [3.63, 3.8) is 0 Å². The molecule has 4 nitrogen and oxygen atoms in total. The van der Waals surface area contributed by atoms with E-state index in [4.69, 9.17) is 0 Å². The Kier molecular flexibility index (Phi) is 8.51. The Bertz CT molecular complexity index is 445. The zero-order chi connectivity index (χ0) is 13.1. The van der Waals surface area contributed by atoms with E-state index in [9.17, 15) is 4.79 Å². The number of thioether (sulfide) groups is 1. The van der Waals surface area contributed by atoms with Gasteiger partial charge in [0.05, 0.1) is 5.56 Å². The van der Waals surface area contributed by atoms with Crippen molar-refractivity contribution in [2.75, 3.05) is 34.2 Å². The van der Waals surface area contributed by atoms with E-state index in [1.807, 2.05) is 19.2 Å². The van der Waals surface area contributed by atoms with Crippen molar-refractivity contribution in [1.29, 1.82) is 0 Å². The molecule has 1 aliphatic heterocycles. The molecule has 0 fully saturated rings. The summed E-state index contributed by atoms with van der Waals surface area (Å²) in [6, 6.07) is 3.69. The first-order valence-corrected chi connectivity index (χ1v) is 6.97. The summed E-state index contributed by atoms with van der Waals surface area (Å²) in [6.07, 6.45) is 2.82. The third-order valence-electron chi connectivity index (χ3n) is 3.00. The van der Waals surface area contributed by atoms with Gasteiger partial charge in [0.25, 0.3) is 5.91 Å². The molecule has 1 atom stereocenters. The van der Waals surface area contributed by atoms with Gasteiger partial charge in [-0.1, -0.05) is 0 Å². The average molecular weight is 338 g/mol. The summed E-state index contributed by atoms with van der Waals surface area (Å²) < 4.78 is 0. The molecular formula is C13H21Cl2N3OS. The van der Waals surface area contributed by atoms with Gasteiger partial charge in [-0.25, -0.2) is 4.98 Å². The summed E-state index contributed by atoms with van der Waals surface area (Å²) in [5, 5.41) is 1.29. The van der Waals surface area contributed by atoms with Crippen molar-refractivity contribution in [3.05, 3.63) is 23.9 Å². The Morgan fingerprint density at radius 3 is 2.80 bits per heavy atom. The molecule has 0 N–H and O–H groups in total. The Balaban J connectivity index is 0.00000180. The summed E-state index contributed by atoms with van der Waals surface area (Å²) in [4.78, 5) is 20.5. The van der Waals surface area contributed by atoms with Crippen LogP contribution in [0.3, 0.4) is 0 Å². The monoisotopic (exact) mass is 337 g/mol. The van der Waals surface area contributed by atoms with Crippen LogP contribution in [0.2, 0.25) is 0 Å². The van der Waals surface area contributed by atoms with Gasteiger partial charge < -0.3 is 9.80 Å². The molecule has 0 aromatic carbocycles. The highest BCUT2D eigenvalue weighted by Crippen LogP contribution is 2.31. The molecule has 1 aromatic rings. The molecular weight excluding hydrogens is 317 g/mol. The molecule has 7 heteroatoms. The van der Waals surface area contributed by atoms with Crippen molar-refractivity contribution in [2.45, 2.75) is 16.7 Å². The van der Waals surface area contributed by atoms with Crippen LogP contribution in [0.5, 0.6) is 0 Å². The number of amides is 1. The number of carbonyl (C=O) groups is 1. The average Bonchev–Trinajstić information content (AvgIpc) is 2.46. The zero-order valence-electron chi connectivity index (χ0n) is 11.9. The Hall–Kier alpha value is -0.490. The highest BCUT2D eigenvalue weighted by Gasteiger charge is 2.26. The fourth-order valence-corrected chi connectivity index (χ4v) is 3.23. The molecule has 0 spiro atoms. The number of fused-ring (bicyclic) bond motifs is 1. The molecule has 1 aromatic heterocycles. The van der Waals surface area contributed by atoms with Gasteiger partial charge in [-0.05, 0) is 39.2 Å². The first-order chi connectivity index (χ1) is 8.58. The molecule has 0 saturated carbocycles. The van der Waals surface area contributed by atoms with Crippen molar-refractivity contribution in [1.82, 2.24) is 14.8 Å². The molecule has 0 aliphatic carbocycles. The molecule has 1 amide bonds. The van der Waals surface area contributed by atoms with Gasteiger partial charge >= 0.3 is 0 Å². The standard InChI is InChI=1S/C13H19N3OS.2ClH/c1-15(2)8-6-10-9-16(3)13(17)11-5-4-7-14-12(11)18-10;;/h4-5,7,10H,6,8-9H2,1-3H3;2*1H. The second-order valence-corrected chi connectivity index (χ2v) is 6.16. The second-order valence-electron chi connectivity index (χ2n) is 4.87. The van der Waals surface area contributed by atoms with E-state index in [-0.39, 0.29) is 30.7 Å². The van der Waals surface area contributed by atoms with Crippen LogP contribution in [0.15, 0.2) is 23.4 Å². The number of hydrogen-bond donors (Lipinski definition) is 0. The lowest BCUT2D eigenvalue weighted by atomic mass is 10.2. The highest BCUT2D eigenvalue weighted by molar-refractivity contribution is 8.00. The number of halogens is 2. The molecule has 2 heterocycles. The number of aromatic nitrogens is 1. The zero-order valence-corrected chi connectivity index (χ0v) is 14.4. The van der Waals surface area contributed by atoms with Crippen molar-refractivity contribution < 1.29 is 4.79 Å². The van der Waals surface area contributed by atoms with Crippen LogP contribution in [0.4, 0.5) is 0 Å². The van der Waals surface area contributed by atoms with Gasteiger partial charge in [0.15, 0.2) is 0 Å². The fourth-order valence-electron chi connectivity index (χ4n) is 1.99. The first kappa shape index (κ1) is 19.5. The maximum absolute atomic E-state index is 12.2. The Morgan fingerprint density at radius 2 is 2.15 bits per heavy atom. The minimum atomic E-state index is 0. The summed E-state index contributed by atoms with van der Waals surface area (Å²) in [6.45, 7) is 1.82. The van der Waals surface area contributed by atoms with E-state index in [2.05, 4.69) is 24.0 Å². The SMILES string of the molecule is CN(C)CCC1CN(C)C(=O)c2cccnc2S1.Cl.Cl. The van der Waals surface area contributed by atoms with Gasteiger partial charge in [-0.15, -0.1) is 36.6 Å². The van der Waals surface area contributed by atoms with E-state index in [1.165, 1.54) is 0 Å². The van der Waals surface area contributed by atoms with Gasteiger partial charge in [0, 0.05) is 25.0 Å². The maximum Gasteiger partial charge on any atom is 0.256 e. The number of nitrogens with zero attached hydrogens (tertiary/aromatic N) is 3. The summed E-state index contributed by atoms with van der Waals surface area (Å²) >= 11 is 1.73. The van der Waals surface area contributed by atoms with Crippen LogP contribution >= 0.6 is 36.6 Å². The van der Waals surface area contributed by atoms with E-state index in [0.29, 0.717) is 5.25 Å². The summed E-state index contributed by atoms with van der Waals surface area (Å²) in [5.41, 5.74) is 0.734. The molecule has 114 valence electrons. The smallest absolute Gasteiger partial charge is 0.256 e. The molecule has 1 aliphatic rings. The van der Waals surface area contributed by atoms with E-state index < -0.39 is 0 Å². The van der Waals surface area contributed by atoms with E-state index >= 15 is 0 Å². The molecule has 1 unspecified atom stereocenters. The van der Waals surface area contributed by atoms with Crippen molar-refractivity contribution in [3.8, 4) is 0 Å². The largest absolute Gasteiger partial charge is 0.340 e. The van der Waals surface area contributed by atoms with Crippen LogP contribution in [0.1, 0.15) is 16.8 Å². The van der Waals surface area contributed by atoms with Crippen molar-refractivity contribution in [2.24, 2.45) is 0 Å². The van der Waals surface area contributed by atoms with Gasteiger partial charge in [-0.3, -0.25) is 4.79 Å². The predicted octanol–water partition coefficient (Wildman–Crippen LogP) is 2.42. The third-order valence-corrected chi connectivity index (χ3v) is 4.27. The van der Waals surface area contributed by atoms with E-state index in [1.54, 1.807) is 22.9 Å². The lowest BCUT2D eigenvalue weighted by molar-refractivity contribution is 0.0793. The van der Waals surface area contributed by atoms with Crippen LogP contribution in [0, 0.1) is 0 Å². The lowest BCUT2D eigenvalue weighted by Crippen LogP contribution is -2.32. The van der Waals surface area contributed by atoms with Gasteiger partial charge in [0.1, 0.15) is 5.03 Å². The number of pyridine rings is 1. The predicted molar refractivity (Wildman–Crippen MR) is 88.5 cm³/mol. The lowest BCUT2D eigenvalue weighted by Gasteiger charge is -2.21. The molecule has 2 rings (SSSR count). The number of hydrogen-bond acceptors (Lipinski definition) is 4. The van der Waals surface area contributed by atoms with Crippen LogP contribution in [-0.4, -0.2) is 60.2 Å². The minimum Gasteiger partial charge on any atom is -0.340 e. The second kappa shape index (κ2) is 8.72. The minimum absolute atomic E-state index is 0. The summed E-state index contributed by atoms with van der Waals surface area (Å²) in [5.74, 6) is 0.0814. The molecule has 0 saturated heterocycles. The topological polar surface area (TPSA) is 36.4 Å². The number of rotatable bonds is 3. The first-order valence-electron chi connectivity index (χ1n) is 6.10. The van der Waals surface area contributed by atoms with Gasteiger partial charge in [-0.2, -0.15) is 0 Å². The third kappa shape index (κ3) is 4.81. The Labute approximate surface area is 137 Å². The molecule has 20 heavy (non-hydrogen) atoms. The molecule has 0 radical (unpaired) electrons. The van der Waals surface area contributed by atoms with Crippen molar-refractivity contribution >= 4 is 42.5 Å².